The normalized spacial score (nSPS) is 15.4. The smallest absolute Gasteiger partial charge is 0.303 e. The highest BCUT2D eigenvalue weighted by atomic mass is 32.2. The van der Waals surface area contributed by atoms with Gasteiger partial charge in [-0.15, -0.1) is 0 Å². The Labute approximate surface area is 237 Å². The quantitative estimate of drug-likeness (QED) is 0.228. The van der Waals surface area contributed by atoms with Crippen LogP contribution in [0.2, 0.25) is 0 Å². The van der Waals surface area contributed by atoms with E-state index in [1.807, 2.05) is 43.8 Å². The number of carboxylic acid groups (broad SMARTS) is 1. The number of hydrogen-bond donors (Lipinski definition) is 2. The Bertz CT molecular complexity index is 1320. The monoisotopic (exact) mass is 543 g/mol. The van der Waals surface area contributed by atoms with Gasteiger partial charge >= 0.3 is 5.97 Å². The van der Waals surface area contributed by atoms with Crippen molar-refractivity contribution in [1.82, 2.24) is 4.98 Å². The molecular weight excluding hydrogens is 502 g/mol. The number of rotatable bonds is 13. The van der Waals surface area contributed by atoms with Crippen LogP contribution in [0.4, 0.5) is 0 Å². The molecule has 3 aromatic rings. The van der Waals surface area contributed by atoms with E-state index in [2.05, 4.69) is 68.5 Å². The Morgan fingerprint density at radius 1 is 1.08 bits per heavy atom. The number of aliphatic carboxylic acids is 1. The van der Waals surface area contributed by atoms with Crippen molar-refractivity contribution in [2.24, 2.45) is 5.41 Å². The zero-order chi connectivity index (χ0) is 28.0. The summed E-state index contributed by atoms with van der Waals surface area (Å²) in [5.41, 5.74) is 6.84. The lowest BCUT2D eigenvalue weighted by Crippen LogP contribution is -2.18. The van der Waals surface area contributed by atoms with E-state index in [0.717, 1.165) is 65.9 Å². The van der Waals surface area contributed by atoms with Gasteiger partial charge in [0.15, 0.2) is 0 Å². The van der Waals surface area contributed by atoms with Gasteiger partial charge in [-0.3, -0.25) is 9.78 Å². The van der Waals surface area contributed by atoms with Gasteiger partial charge in [-0.1, -0.05) is 67.6 Å². The summed E-state index contributed by atoms with van der Waals surface area (Å²) >= 11 is 1.89. The van der Waals surface area contributed by atoms with Crippen molar-refractivity contribution in [2.75, 3.05) is 5.75 Å². The van der Waals surface area contributed by atoms with Crippen molar-refractivity contribution >= 4 is 29.9 Å². The number of aliphatic hydroxyl groups is 1. The first-order valence-electron chi connectivity index (χ1n) is 14.0. The summed E-state index contributed by atoms with van der Waals surface area (Å²) in [5, 5.41) is 20.4. The second-order valence-corrected chi connectivity index (χ2v) is 12.7. The first kappa shape index (κ1) is 29.1. The van der Waals surface area contributed by atoms with Gasteiger partial charge in [0.2, 0.25) is 0 Å². The summed E-state index contributed by atoms with van der Waals surface area (Å²) in [4.78, 5) is 16.2. The van der Waals surface area contributed by atoms with Crippen LogP contribution in [0, 0.1) is 12.3 Å². The van der Waals surface area contributed by atoms with E-state index in [0.29, 0.717) is 0 Å². The van der Waals surface area contributed by atoms with Crippen LogP contribution in [-0.4, -0.2) is 26.9 Å². The highest BCUT2D eigenvalue weighted by molar-refractivity contribution is 7.99. The van der Waals surface area contributed by atoms with Crippen molar-refractivity contribution in [2.45, 2.75) is 77.1 Å². The summed E-state index contributed by atoms with van der Waals surface area (Å²) in [6, 6.07) is 21.0. The van der Waals surface area contributed by atoms with Gasteiger partial charge in [0.25, 0.3) is 0 Å². The zero-order valence-electron chi connectivity index (χ0n) is 23.6. The van der Waals surface area contributed by atoms with Crippen LogP contribution in [0.3, 0.4) is 0 Å². The zero-order valence-corrected chi connectivity index (χ0v) is 24.4. The van der Waals surface area contributed by atoms with Crippen LogP contribution < -0.4 is 0 Å². The van der Waals surface area contributed by atoms with Gasteiger partial charge in [-0.2, -0.15) is 11.8 Å². The van der Waals surface area contributed by atoms with Gasteiger partial charge < -0.3 is 10.2 Å². The van der Waals surface area contributed by atoms with Crippen molar-refractivity contribution < 1.29 is 15.0 Å². The van der Waals surface area contributed by atoms with E-state index in [1.54, 1.807) is 0 Å². The molecule has 2 N–H and O–H groups in total. The van der Waals surface area contributed by atoms with E-state index in [1.165, 1.54) is 11.1 Å². The topological polar surface area (TPSA) is 70.4 Å². The Morgan fingerprint density at radius 3 is 2.51 bits per heavy atom. The highest BCUT2D eigenvalue weighted by Crippen LogP contribution is 2.53. The summed E-state index contributed by atoms with van der Waals surface area (Å²) < 4.78 is 0. The SMILES string of the molecule is CCc1ccc(/C=C/c2cccc([C@@H](CCc3ccccc3C(C)(C)O)SCC3(CC(=O)O)CC3)c2)nc1C. The van der Waals surface area contributed by atoms with E-state index < -0.39 is 11.6 Å². The molecule has 39 heavy (non-hydrogen) atoms. The third-order valence-electron chi connectivity index (χ3n) is 7.75. The molecule has 0 spiro atoms. The van der Waals surface area contributed by atoms with E-state index in [9.17, 15) is 15.0 Å². The molecule has 0 amide bonds. The molecule has 206 valence electrons. The number of nitrogens with zero attached hydrogens (tertiary/aromatic N) is 1. The Hall–Kier alpha value is -2.89. The number of carboxylic acids is 1. The van der Waals surface area contributed by atoms with Crippen LogP contribution in [0.1, 0.15) is 90.9 Å². The third-order valence-corrected chi connectivity index (χ3v) is 9.44. The molecule has 1 heterocycles. The molecule has 4 rings (SSSR count). The molecule has 0 unspecified atom stereocenters. The fourth-order valence-corrected chi connectivity index (χ4v) is 6.80. The minimum Gasteiger partial charge on any atom is -0.481 e. The van der Waals surface area contributed by atoms with Gasteiger partial charge in [0, 0.05) is 16.7 Å². The van der Waals surface area contributed by atoms with E-state index >= 15 is 0 Å². The Kier molecular flexibility index (Phi) is 9.35. The maximum Gasteiger partial charge on any atom is 0.303 e. The summed E-state index contributed by atoms with van der Waals surface area (Å²) in [6.45, 7) is 7.88. The number of aryl methyl sites for hydroxylation is 3. The van der Waals surface area contributed by atoms with Crippen molar-refractivity contribution in [1.29, 1.82) is 0 Å². The largest absolute Gasteiger partial charge is 0.481 e. The minimum atomic E-state index is -0.898. The number of pyridine rings is 1. The molecule has 1 aliphatic rings. The number of benzene rings is 2. The van der Waals surface area contributed by atoms with Gasteiger partial charge in [-0.05, 0) is 98.2 Å². The lowest BCUT2D eigenvalue weighted by atomic mass is 9.90. The third kappa shape index (κ3) is 8.06. The lowest BCUT2D eigenvalue weighted by Gasteiger charge is -2.24. The molecule has 1 aliphatic carbocycles. The van der Waals surface area contributed by atoms with E-state index in [4.69, 9.17) is 4.98 Å². The molecule has 0 bridgehead atoms. The summed E-state index contributed by atoms with van der Waals surface area (Å²) in [6.07, 6.45) is 9.16. The maximum absolute atomic E-state index is 11.5. The van der Waals surface area contributed by atoms with Gasteiger partial charge in [0.1, 0.15) is 0 Å². The lowest BCUT2D eigenvalue weighted by molar-refractivity contribution is -0.138. The van der Waals surface area contributed by atoms with Crippen LogP contribution in [0.5, 0.6) is 0 Å². The average Bonchev–Trinajstić information content (AvgIpc) is 3.66. The molecule has 1 fully saturated rings. The Morgan fingerprint density at radius 2 is 1.85 bits per heavy atom. The molecule has 1 aromatic heterocycles. The second kappa shape index (κ2) is 12.5. The molecule has 5 heteroatoms. The molecule has 1 saturated carbocycles. The van der Waals surface area contributed by atoms with Crippen LogP contribution in [0.15, 0.2) is 60.7 Å². The molecule has 4 nitrogen and oxygen atoms in total. The number of aromatic nitrogens is 1. The number of hydrogen-bond acceptors (Lipinski definition) is 4. The molecular formula is C34H41NO3S. The molecule has 0 radical (unpaired) electrons. The van der Waals surface area contributed by atoms with Crippen molar-refractivity contribution in [3.8, 4) is 0 Å². The van der Waals surface area contributed by atoms with Gasteiger partial charge in [-0.25, -0.2) is 0 Å². The van der Waals surface area contributed by atoms with Gasteiger partial charge in [0.05, 0.1) is 17.7 Å². The minimum absolute atomic E-state index is 0.0640. The summed E-state index contributed by atoms with van der Waals surface area (Å²) in [5.74, 6) is 0.149. The molecule has 0 saturated heterocycles. The molecule has 0 aliphatic heterocycles. The van der Waals surface area contributed by atoms with Crippen molar-refractivity contribution in [3.05, 3.63) is 99.9 Å². The molecule has 1 atom stereocenters. The summed E-state index contributed by atoms with van der Waals surface area (Å²) in [7, 11) is 0. The van der Waals surface area contributed by atoms with Crippen LogP contribution >= 0.6 is 11.8 Å². The fraction of sp³-hybridized carbons (Fsp3) is 0.412. The number of carbonyl (C=O) groups is 1. The van der Waals surface area contributed by atoms with Crippen LogP contribution in [0.25, 0.3) is 12.2 Å². The number of thioether (sulfide) groups is 1. The highest BCUT2D eigenvalue weighted by Gasteiger charge is 2.44. The average molecular weight is 544 g/mol. The van der Waals surface area contributed by atoms with Crippen LogP contribution in [-0.2, 0) is 23.2 Å². The predicted octanol–water partition coefficient (Wildman–Crippen LogP) is 8.01. The fourth-order valence-electron chi connectivity index (χ4n) is 5.24. The van der Waals surface area contributed by atoms with Crippen molar-refractivity contribution in [3.63, 3.8) is 0 Å². The van der Waals surface area contributed by atoms with E-state index in [-0.39, 0.29) is 17.1 Å². The molecule has 2 aromatic carbocycles. The maximum atomic E-state index is 11.5. The Balaban J connectivity index is 1.55. The first-order valence-corrected chi connectivity index (χ1v) is 15.0. The first-order chi connectivity index (χ1) is 18.6. The predicted molar refractivity (Wildman–Crippen MR) is 163 cm³/mol. The standard InChI is InChI=1S/C34H41NO3S/c1-5-26-14-17-29(35-24(26)2)16-13-25-9-8-11-28(21-25)31(39-23-34(19-20-34)22-32(36)37)18-15-27-10-6-7-12-30(27)33(3,4)38/h6-14,16-17,21,31,38H,5,15,18-20,22-23H2,1-4H3,(H,36,37)/b16-13+/t31-/m1/s1. The second-order valence-electron chi connectivity index (χ2n) is 11.5.